The Labute approximate surface area is 168 Å². The molecule has 5 atom stereocenters. The van der Waals surface area contributed by atoms with E-state index in [1.807, 2.05) is 18.2 Å². The molecule has 2 aromatic rings. The zero-order valence-electron chi connectivity index (χ0n) is 15.7. The lowest BCUT2D eigenvalue weighted by atomic mass is 9.79. The number of hydrogen-bond donors (Lipinski definition) is 1. The third kappa shape index (κ3) is 3.18. The molecule has 0 spiro atoms. The average Bonchev–Trinajstić information content (AvgIpc) is 3.36. The van der Waals surface area contributed by atoms with Crippen molar-refractivity contribution in [2.45, 2.75) is 18.9 Å². The Kier molecular flexibility index (Phi) is 4.34. The van der Waals surface area contributed by atoms with Gasteiger partial charge in [0.2, 0.25) is 5.91 Å². The molecule has 5 rings (SSSR count). The van der Waals surface area contributed by atoms with E-state index in [0.29, 0.717) is 17.0 Å². The molecule has 6 nitrogen and oxygen atoms in total. The SMILES string of the molecule is O=C(COc1ccc(NC(=O)[C@H]2[C@H]3C[C@H]4[C@H]2C(=O)O[C@H]4C3)cc1)c1ccccc1. The third-order valence-electron chi connectivity index (χ3n) is 6.37. The largest absolute Gasteiger partial charge is 0.485 e. The average molecular weight is 391 g/mol. The standard InChI is InChI=1S/C23H21NO5/c25-18(13-4-2-1-3-5-13)12-28-16-8-6-15(7-9-16)24-22(26)20-14-10-17-19(11-14)29-23(27)21(17)20/h1-9,14,17,19-21H,10-12H2,(H,24,26)/t14-,17+,19-,20-,21+/m0/s1. The van der Waals surface area contributed by atoms with E-state index in [4.69, 9.17) is 9.47 Å². The second-order valence-electron chi connectivity index (χ2n) is 8.01. The Balaban J connectivity index is 1.18. The van der Waals surface area contributed by atoms with Crippen LogP contribution in [0.3, 0.4) is 0 Å². The molecule has 2 aromatic carbocycles. The molecule has 1 N–H and O–H groups in total. The molecule has 3 fully saturated rings. The molecular formula is C23H21NO5. The predicted molar refractivity (Wildman–Crippen MR) is 104 cm³/mol. The second kappa shape index (κ2) is 7.03. The zero-order valence-corrected chi connectivity index (χ0v) is 15.7. The quantitative estimate of drug-likeness (QED) is 0.605. The maximum atomic E-state index is 12.8. The molecular weight excluding hydrogens is 370 g/mol. The molecule has 29 heavy (non-hydrogen) atoms. The number of nitrogens with one attached hydrogen (secondary N) is 1. The summed E-state index contributed by atoms with van der Waals surface area (Å²) in [5, 5.41) is 2.92. The number of Topliss-reactive ketones (excluding diaryl/α,β-unsaturated/α-hetero) is 1. The van der Waals surface area contributed by atoms with Gasteiger partial charge in [-0.2, -0.15) is 0 Å². The number of anilines is 1. The van der Waals surface area contributed by atoms with Crippen LogP contribution in [0.4, 0.5) is 5.69 Å². The van der Waals surface area contributed by atoms with E-state index in [0.717, 1.165) is 12.8 Å². The Bertz CT molecular complexity index is 953. The van der Waals surface area contributed by atoms with Crippen LogP contribution >= 0.6 is 0 Å². The normalized spacial score (nSPS) is 28.8. The maximum absolute atomic E-state index is 12.8. The fraction of sp³-hybridized carbons (Fsp3) is 0.348. The van der Waals surface area contributed by atoms with Crippen molar-refractivity contribution in [1.29, 1.82) is 0 Å². The van der Waals surface area contributed by atoms with Crippen molar-refractivity contribution in [3.8, 4) is 5.75 Å². The highest BCUT2D eigenvalue weighted by Crippen LogP contribution is 2.57. The van der Waals surface area contributed by atoms with Crippen LogP contribution in [0.1, 0.15) is 23.2 Å². The van der Waals surface area contributed by atoms with Crippen molar-refractivity contribution in [3.05, 3.63) is 60.2 Å². The predicted octanol–water partition coefficient (Wildman–Crippen LogP) is 3.08. The number of esters is 1. The number of benzene rings is 2. The van der Waals surface area contributed by atoms with Gasteiger partial charge in [0.25, 0.3) is 0 Å². The number of ether oxygens (including phenoxy) is 2. The van der Waals surface area contributed by atoms with Crippen molar-refractivity contribution in [2.75, 3.05) is 11.9 Å². The van der Waals surface area contributed by atoms with Crippen molar-refractivity contribution < 1.29 is 23.9 Å². The van der Waals surface area contributed by atoms with Gasteiger partial charge in [0, 0.05) is 17.2 Å². The molecule has 0 radical (unpaired) electrons. The van der Waals surface area contributed by atoms with Gasteiger partial charge < -0.3 is 14.8 Å². The lowest BCUT2D eigenvalue weighted by molar-refractivity contribution is -0.145. The van der Waals surface area contributed by atoms with Gasteiger partial charge in [-0.05, 0) is 43.0 Å². The summed E-state index contributed by atoms with van der Waals surface area (Å²) in [6.07, 6.45) is 1.73. The monoisotopic (exact) mass is 391 g/mol. The van der Waals surface area contributed by atoms with E-state index >= 15 is 0 Å². The summed E-state index contributed by atoms with van der Waals surface area (Å²) in [5.74, 6) is -0.0274. The number of carbonyl (C=O) groups is 3. The van der Waals surface area contributed by atoms with Crippen LogP contribution in [-0.2, 0) is 14.3 Å². The van der Waals surface area contributed by atoms with E-state index < -0.39 is 0 Å². The van der Waals surface area contributed by atoms with E-state index in [1.165, 1.54) is 0 Å². The van der Waals surface area contributed by atoms with Gasteiger partial charge in [-0.1, -0.05) is 30.3 Å². The van der Waals surface area contributed by atoms with Gasteiger partial charge in [0.05, 0.1) is 11.8 Å². The van der Waals surface area contributed by atoms with Gasteiger partial charge in [-0.25, -0.2) is 0 Å². The van der Waals surface area contributed by atoms with Crippen LogP contribution in [0.2, 0.25) is 0 Å². The summed E-state index contributed by atoms with van der Waals surface area (Å²) in [6, 6.07) is 15.9. The van der Waals surface area contributed by atoms with Crippen molar-refractivity contribution in [3.63, 3.8) is 0 Å². The summed E-state index contributed by atoms with van der Waals surface area (Å²) in [4.78, 5) is 37.0. The van der Waals surface area contributed by atoms with E-state index in [9.17, 15) is 14.4 Å². The number of ketones is 1. The minimum atomic E-state index is -0.300. The molecule has 3 aliphatic rings. The summed E-state index contributed by atoms with van der Waals surface area (Å²) in [6.45, 7) is -0.0498. The number of hydrogen-bond acceptors (Lipinski definition) is 5. The molecule has 2 aliphatic carbocycles. The van der Waals surface area contributed by atoms with E-state index in [-0.39, 0.29) is 54.0 Å². The van der Waals surface area contributed by atoms with Gasteiger partial charge in [0.1, 0.15) is 11.9 Å². The second-order valence-corrected chi connectivity index (χ2v) is 8.01. The number of amides is 1. The first-order chi connectivity index (χ1) is 14.1. The lowest BCUT2D eigenvalue weighted by Gasteiger charge is -2.23. The van der Waals surface area contributed by atoms with Crippen LogP contribution in [-0.4, -0.2) is 30.4 Å². The highest BCUT2D eigenvalue weighted by Gasteiger charge is 2.63. The smallest absolute Gasteiger partial charge is 0.310 e. The lowest BCUT2D eigenvalue weighted by Crippen LogP contribution is -2.35. The summed E-state index contributed by atoms with van der Waals surface area (Å²) >= 11 is 0. The Morgan fingerprint density at radius 3 is 2.55 bits per heavy atom. The van der Waals surface area contributed by atoms with Gasteiger partial charge >= 0.3 is 5.97 Å². The molecule has 0 unspecified atom stereocenters. The van der Waals surface area contributed by atoms with Crippen LogP contribution in [0.15, 0.2) is 54.6 Å². The maximum Gasteiger partial charge on any atom is 0.310 e. The zero-order chi connectivity index (χ0) is 20.0. The molecule has 1 saturated heterocycles. The molecule has 148 valence electrons. The Morgan fingerprint density at radius 2 is 1.79 bits per heavy atom. The van der Waals surface area contributed by atoms with Crippen LogP contribution in [0.25, 0.3) is 0 Å². The first-order valence-electron chi connectivity index (χ1n) is 9.92. The molecule has 2 saturated carbocycles. The first kappa shape index (κ1) is 17.9. The minimum absolute atomic E-state index is 0.0246. The molecule has 1 heterocycles. The van der Waals surface area contributed by atoms with Crippen LogP contribution in [0, 0.1) is 23.7 Å². The molecule has 2 bridgehead atoms. The molecule has 1 aliphatic heterocycles. The van der Waals surface area contributed by atoms with Gasteiger partial charge in [0.15, 0.2) is 12.4 Å². The summed E-state index contributed by atoms with van der Waals surface area (Å²) in [5.41, 5.74) is 1.25. The Morgan fingerprint density at radius 1 is 1.03 bits per heavy atom. The van der Waals surface area contributed by atoms with Crippen molar-refractivity contribution >= 4 is 23.3 Å². The van der Waals surface area contributed by atoms with E-state index in [2.05, 4.69) is 5.32 Å². The molecule has 1 amide bonds. The van der Waals surface area contributed by atoms with Crippen molar-refractivity contribution in [1.82, 2.24) is 0 Å². The van der Waals surface area contributed by atoms with E-state index in [1.54, 1.807) is 36.4 Å². The van der Waals surface area contributed by atoms with Crippen LogP contribution < -0.4 is 10.1 Å². The highest BCUT2D eigenvalue weighted by molar-refractivity contribution is 5.97. The third-order valence-corrected chi connectivity index (χ3v) is 6.37. The first-order valence-corrected chi connectivity index (χ1v) is 9.92. The highest BCUT2D eigenvalue weighted by atomic mass is 16.6. The summed E-state index contributed by atoms with van der Waals surface area (Å²) in [7, 11) is 0. The number of carbonyl (C=O) groups excluding carboxylic acids is 3. The minimum Gasteiger partial charge on any atom is -0.485 e. The Hall–Kier alpha value is -3.15. The fourth-order valence-corrected chi connectivity index (χ4v) is 5.08. The number of rotatable bonds is 6. The molecule has 6 heteroatoms. The van der Waals surface area contributed by atoms with Gasteiger partial charge in [-0.3, -0.25) is 14.4 Å². The van der Waals surface area contributed by atoms with Gasteiger partial charge in [-0.15, -0.1) is 0 Å². The fourth-order valence-electron chi connectivity index (χ4n) is 5.08. The topological polar surface area (TPSA) is 81.7 Å². The molecule has 0 aromatic heterocycles. The van der Waals surface area contributed by atoms with Crippen molar-refractivity contribution in [2.24, 2.45) is 23.7 Å². The van der Waals surface area contributed by atoms with Crippen LogP contribution in [0.5, 0.6) is 5.75 Å². The summed E-state index contributed by atoms with van der Waals surface area (Å²) < 4.78 is 11.0. The number of fused-ring (bicyclic) bond motifs is 1.